The van der Waals surface area contributed by atoms with Gasteiger partial charge in [-0.1, -0.05) is 0 Å². The first-order chi connectivity index (χ1) is 2.64. The number of aliphatic hydroxyl groups excluding tert-OH is 1. The predicted octanol–water partition coefficient (Wildman–Crippen LogP) is 0.295. The van der Waals surface area contributed by atoms with Gasteiger partial charge < -0.3 is 10.2 Å². The molecule has 3 nitrogen and oxygen atoms in total. The minimum Gasteiger partial charge on any atom is -0.502 e. The second-order valence-corrected chi connectivity index (χ2v) is 0.752. The molecule has 0 aromatic rings. The fourth-order valence-corrected chi connectivity index (χ4v) is 0. The van der Waals surface area contributed by atoms with Crippen LogP contribution in [-0.2, 0) is 4.79 Å². The molecule has 0 saturated heterocycles. The first kappa shape index (κ1) is 9.34. The molecule has 0 saturated carbocycles. The highest BCUT2D eigenvalue weighted by Gasteiger charge is 1.94. The fraction of sp³-hybridized carbons (Fsp3) is 0. The number of carboxylic acids is 1. The van der Waals surface area contributed by atoms with E-state index in [-0.39, 0.29) is 4.70 Å². The zero-order chi connectivity index (χ0) is 5.15. The van der Waals surface area contributed by atoms with Crippen molar-refractivity contribution in [2.75, 3.05) is 0 Å². The van der Waals surface area contributed by atoms with Crippen molar-refractivity contribution in [3.05, 3.63) is 12.3 Å². The summed E-state index contributed by atoms with van der Waals surface area (Å²) in [6, 6.07) is 0. The van der Waals surface area contributed by atoms with Crippen LogP contribution in [0.25, 0.3) is 0 Å². The Morgan fingerprint density at radius 2 is 1.57 bits per heavy atom. The van der Waals surface area contributed by atoms with E-state index in [1.807, 2.05) is 0 Å². The summed E-state index contributed by atoms with van der Waals surface area (Å²) >= 11 is 0. The van der Waals surface area contributed by atoms with E-state index in [0.29, 0.717) is 0 Å². The van der Waals surface area contributed by atoms with Crippen molar-refractivity contribution in [1.82, 2.24) is 0 Å². The number of carbonyl (C=O) groups is 1. The van der Waals surface area contributed by atoms with Gasteiger partial charge in [0.1, 0.15) is 0 Å². The standard InChI is InChI=1S/C3H4O3.FH/c1-2(4)3(5)6;/h4H,1H2,(H,5,6);1H. The Labute approximate surface area is 39.3 Å². The summed E-state index contributed by atoms with van der Waals surface area (Å²) in [6.07, 6.45) is 0. The summed E-state index contributed by atoms with van der Waals surface area (Å²) < 4.78 is 0. The average molecular weight is 108 g/mol. The molecule has 0 aliphatic rings. The van der Waals surface area contributed by atoms with Crippen LogP contribution in [0, 0.1) is 0 Å². The Balaban J connectivity index is 0. The number of rotatable bonds is 1. The molecule has 0 radical (unpaired) electrons. The van der Waals surface area contributed by atoms with Crippen LogP contribution >= 0.6 is 0 Å². The minimum atomic E-state index is -1.38. The van der Waals surface area contributed by atoms with Crippen LogP contribution < -0.4 is 0 Å². The summed E-state index contributed by atoms with van der Waals surface area (Å²) in [4.78, 5) is 9.35. The smallest absolute Gasteiger partial charge is 0.370 e. The SMILES string of the molecule is C=C(O)C(=O)O.F. The average Bonchev–Trinajstić information content (AvgIpc) is 1.36. The van der Waals surface area contributed by atoms with Crippen molar-refractivity contribution in [3.63, 3.8) is 0 Å². The minimum absolute atomic E-state index is 0. The van der Waals surface area contributed by atoms with E-state index in [1.54, 1.807) is 0 Å². The van der Waals surface area contributed by atoms with Gasteiger partial charge in [0.15, 0.2) is 5.76 Å². The molecule has 0 rings (SSSR count). The van der Waals surface area contributed by atoms with Crippen molar-refractivity contribution >= 4 is 5.97 Å². The largest absolute Gasteiger partial charge is 0.502 e. The maximum atomic E-state index is 9.35. The molecule has 4 heteroatoms. The van der Waals surface area contributed by atoms with Gasteiger partial charge in [0.05, 0.1) is 0 Å². The van der Waals surface area contributed by atoms with Crippen LogP contribution in [0.15, 0.2) is 12.3 Å². The normalized spacial score (nSPS) is 6.29. The molecule has 0 atom stereocenters. The predicted molar refractivity (Wildman–Crippen MR) is 21.9 cm³/mol. The maximum absolute atomic E-state index is 9.35. The van der Waals surface area contributed by atoms with Crippen molar-refractivity contribution < 1.29 is 19.7 Å². The molecule has 0 aromatic heterocycles. The van der Waals surface area contributed by atoms with Gasteiger partial charge in [-0.25, -0.2) is 4.79 Å². The first-order valence-corrected chi connectivity index (χ1v) is 1.25. The number of halogens is 1. The molecule has 0 aromatic carbocycles. The number of aliphatic carboxylic acids is 1. The zero-order valence-electron chi connectivity index (χ0n) is 3.42. The van der Waals surface area contributed by atoms with Gasteiger partial charge in [-0.15, -0.1) is 0 Å². The fourth-order valence-electron chi connectivity index (χ4n) is 0. The second kappa shape index (κ2) is 3.14. The quantitative estimate of drug-likeness (QED) is 0.375. The monoisotopic (exact) mass is 108 g/mol. The summed E-state index contributed by atoms with van der Waals surface area (Å²) in [7, 11) is 0. The molecule has 0 aliphatic heterocycles. The number of aliphatic hydroxyl groups is 1. The molecule has 0 unspecified atom stereocenters. The number of carboxylic acid groups (broad SMARTS) is 1. The molecule has 0 aliphatic carbocycles. The first-order valence-electron chi connectivity index (χ1n) is 1.25. The van der Waals surface area contributed by atoms with E-state index < -0.39 is 11.7 Å². The van der Waals surface area contributed by atoms with Gasteiger partial charge in [-0.05, 0) is 6.58 Å². The Morgan fingerprint density at radius 1 is 1.43 bits per heavy atom. The summed E-state index contributed by atoms with van der Waals surface area (Å²) in [5.74, 6) is -2.20. The highest BCUT2D eigenvalue weighted by molar-refractivity contribution is 5.82. The van der Waals surface area contributed by atoms with Crippen molar-refractivity contribution in [2.24, 2.45) is 0 Å². The van der Waals surface area contributed by atoms with Crippen molar-refractivity contribution in [3.8, 4) is 0 Å². The van der Waals surface area contributed by atoms with Gasteiger partial charge in [-0.2, -0.15) is 0 Å². The highest BCUT2D eigenvalue weighted by Crippen LogP contribution is 1.75. The molecule has 7 heavy (non-hydrogen) atoms. The van der Waals surface area contributed by atoms with E-state index in [9.17, 15) is 4.79 Å². The van der Waals surface area contributed by atoms with Crippen LogP contribution in [0.3, 0.4) is 0 Å². The number of hydrogen-bond acceptors (Lipinski definition) is 2. The Hall–Kier alpha value is -1.06. The van der Waals surface area contributed by atoms with Crippen LogP contribution in [-0.4, -0.2) is 16.2 Å². The summed E-state index contributed by atoms with van der Waals surface area (Å²) in [5, 5.41) is 15.5. The van der Waals surface area contributed by atoms with Gasteiger partial charge in [0.2, 0.25) is 0 Å². The topological polar surface area (TPSA) is 57.5 Å². The summed E-state index contributed by atoms with van der Waals surface area (Å²) in [5.41, 5.74) is 0. The van der Waals surface area contributed by atoms with E-state index >= 15 is 0 Å². The van der Waals surface area contributed by atoms with Gasteiger partial charge in [0, 0.05) is 0 Å². The molecule has 42 valence electrons. The van der Waals surface area contributed by atoms with Crippen molar-refractivity contribution in [1.29, 1.82) is 0 Å². The van der Waals surface area contributed by atoms with Gasteiger partial charge in [-0.3, -0.25) is 4.70 Å². The molecule has 0 spiro atoms. The lowest BCUT2D eigenvalue weighted by Gasteiger charge is -1.79. The molecule has 0 bridgehead atoms. The highest BCUT2D eigenvalue weighted by atomic mass is 19.0. The third-order valence-electron chi connectivity index (χ3n) is 0.247. The van der Waals surface area contributed by atoms with E-state index in [1.165, 1.54) is 0 Å². The molecular weight excluding hydrogens is 103 g/mol. The second-order valence-electron chi connectivity index (χ2n) is 0.752. The third-order valence-corrected chi connectivity index (χ3v) is 0.247. The summed E-state index contributed by atoms with van der Waals surface area (Å²) in [6.45, 7) is 2.71. The van der Waals surface area contributed by atoms with Crippen LogP contribution in [0.2, 0.25) is 0 Å². The van der Waals surface area contributed by atoms with Crippen LogP contribution in [0.4, 0.5) is 4.70 Å². The molecule has 0 heterocycles. The Kier molecular flexibility index (Phi) is 4.19. The maximum Gasteiger partial charge on any atom is 0.370 e. The van der Waals surface area contributed by atoms with E-state index in [0.717, 1.165) is 0 Å². The Bertz CT molecular complexity index is 76.2. The molecule has 0 fully saturated rings. The molecule has 2 N–H and O–H groups in total. The third kappa shape index (κ3) is 4.94. The van der Waals surface area contributed by atoms with Crippen LogP contribution in [0.5, 0.6) is 0 Å². The van der Waals surface area contributed by atoms with E-state index in [4.69, 9.17) is 10.2 Å². The lowest BCUT2D eigenvalue weighted by molar-refractivity contribution is -0.135. The zero-order valence-corrected chi connectivity index (χ0v) is 3.42. The van der Waals surface area contributed by atoms with Gasteiger partial charge >= 0.3 is 5.97 Å². The van der Waals surface area contributed by atoms with E-state index in [2.05, 4.69) is 6.58 Å². The molecular formula is C3H5FO3. The van der Waals surface area contributed by atoms with Crippen molar-refractivity contribution in [2.45, 2.75) is 0 Å². The van der Waals surface area contributed by atoms with Crippen LogP contribution in [0.1, 0.15) is 0 Å². The Morgan fingerprint density at radius 3 is 1.57 bits per heavy atom. The molecule has 0 amide bonds. The lowest BCUT2D eigenvalue weighted by Crippen LogP contribution is -1.95. The van der Waals surface area contributed by atoms with Gasteiger partial charge in [0.25, 0.3) is 0 Å². The number of hydrogen-bond donors (Lipinski definition) is 2. The lowest BCUT2D eigenvalue weighted by atomic mass is 10.6.